The van der Waals surface area contributed by atoms with E-state index in [1.807, 2.05) is 49.7 Å². The van der Waals surface area contributed by atoms with Crippen LogP contribution in [0.15, 0.2) is 41.1 Å². The second-order valence-electron chi connectivity index (χ2n) is 4.05. The van der Waals surface area contributed by atoms with Crippen molar-refractivity contribution in [2.75, 3.05) is 12.4 Å². The van der Waals surface area contributed by atoms with Crippen molar-refractivity contribution in [2.24, 2.45) is 0 Å². The first-order chi connectivity index (χ1) is 8.72. The maximum absolute atomic E-state index is 12.2. The van der Waals surface area contributed by atoms with Crippen LogP contribution in [0.1, 0.15) is 28.9 Å². The van der Waals surface area contributed by atoms with E-state index in [4.69, 9.17) is 0 Å². The van der Waals surface area contributed by atoms with Gasteiger partial charge in [-0.3, -0.25) is 4.79 Å². The maximum atomic E-state index is 12.2. The summed E-state index contributed by atoms with van der Waals surface area (Å²) in [6, 6.07) is 9.54. The highest BCUT2D eigenvalue weighted by atomic mass is 32.1. The lowest BCUT2D eigenvalue weighted by Crippen LogP contribution is -2.27. The molecule has 94 valence electrons. The molecule has 0 aliphatic rings. The van der Waals surface area contributed by atoms with E-state index in [2.05, 4.69) is 16.0 Å². The van der Waals surface area contributed by atoms with E-state index < -0.39 is 0 Å². The maximum Gasteiger partial charge on any atom is 0.253 e. The minimum Gasteiger partial charge on any atom is -0.387 e. The molecule has 0 aliphatic carbocycles. The minimum absolute atomic E-state index is 0.0219. The molecular formula is C14H16N2OS. The molecule has 2 rings (SSSR count). The highest BCUT2D eigenvalue weighted by Crippen LogP contribution is 2.18. The van der Waals surface area contributed by atoms with Gasteiger partial charge in [-0.2, -0.15) is 11.3 Å². The summed E-state index contributed by atoms with van der Waals surface area (Å²) in [4.78, 5) is 12.2. The molecule has 1 atom stereocenters. The van der Waals surface area contributed by atoms with Gasteiger partial charge in [0, 0.05) is 12.7 Å². The lowest BCUT2D eigenvalue weighted by Gasteiger charge is -2.14. The fourth-order valence-electron chi connectivity index (χ4n) is 1.78. The zero-order valence-corrected chi connectivity index (χ0v) is 11.3. The Morgan fingerprint density at radius 2 is 2.06 bits per heavy atom. The predicted molar refractivity (Wildman–Crippen MR) is 76.2 cm³/mol. The van der Waals surface area contributed by atoms with Gasteiger partial charge in [-0.15, -0.1) is 0 Å². The molecule has 1 amide bonds. The van der Waals surface area contributed by atoms with E-state index in [1.165, 1.54) is 0 Å². The summed E-state index contributed by atoms with van der Waals surface area (Å²) in [6.07, 6.45) is 0. The van der Waals surface area contributed by atoms with Gasteiger partial charge in [-0.25, -0.2) is 0 Å². The number of rotatable bonds is 4. The molecule has 18 heavy (non-hydrogen) atoms. The molecule has 2 aromatic rings. The molecule has 1 aromatic carbocycles. The molecular weight excluding hydrogens is 244 g/mol. The monoisotopic (exact) mass is 260 g/mol. The Kier molecular flexibility index (Phi) is 3.99. The molecule has 2 N–H and O–H groups in total. The van der Waals surface area contributed by atoms with Crippen molar-refractivity contribution in [1.82, 2.24) is 5.32 Å². The first-order valence-corrected chi connectivity index (χ1v) is 6.76. The molecule has 0 spiro atoms. The molecule has 4 heteroatoms. The standard InChI is InChI=1S/C14H16N2OS/c1-10(11-7-8-18-9-11)16-14(17)12-5-3-4-6-13(12)15-2/h3-10,15H,1-2H3,(H,16,17). The van der Waals surface area contributed by atoms with Crippen LogP contribution in [0, 0.1) is 0 Å². The van der Waals surface area contributed by atoms with Gasteiger partial charge in [0.25, 0.3) is 5.91 Å². The number of thiophene rings is 1. The van der Waals surface area contributed by atoms with Crippen molar-refractivity contribution >= 4 is 22.9 Å². The Morgan fingerprint density at radius 3 is 2.72 bits per heavy atom. The summed E-state index contributed by atoms with van der Waals surface area (Å²) in [7, 11) is 1.81. The van der Waals surface area contributed by atoms with Crippen LogP contribution in [0.2, 0.25) is 0 Å². The van der Waals surface area contributed by atoms with Gasteiger partial charge in [0.2, 0.25) is 0 Å². The van der Waals surface area contributed by atoms with Crippen molar-refractivity contribution in [3.63, 3.8) is 0 Å². The smallest absolute Gasteiger partial charge is 0.253 e. The molecule has 1 unspecified atom stereocenters. The van der Waals surface area contributed by atoms with E-state index >= 15 is 0 Å². The minimum atomic E-state index is -0.0568. The fraction of sp³-hybridized carbons (Fsp3) is 0.214. The van der Waals surface area contributed by atoms with Gasteiger partial charge < -0.3 is 10.6 Å². The van der Waals surface area contributed by atoms with Crippen molar-refractivity contribution in [3.05, 3.63) is 52.2 Å². The summed E-state index contributed by atoms with van der Waals surface area (Å²) in [5.74, 6) is -0.0568. The number of amides is 1. The number of hydrogen-bond acceptors (Lipinski definition) is 3. The van der Waals surface area contributed by atoms with Crippen molar-refractivity contribution in [3.8, 4) is 0 Å². The lowest BCUT2D eigenvalue weighted by molar-refractivity contribution is 0.0941. The van der Waals surface area contributed by atoms with Crippen LogP contribution in [-0.4, -0.2) is 13.0 Å². The van der Waals surface area contributed by atoms with Crippen LogP contribution in [0.25, 0.3) is 0 Å². The third kappa shape index (κ3) is 2.71. The zero-order valence-electron chi connectivity index (χ0n) is 10.4. The van der Waals surface area contributed by atoms with Gasteiger partial charge >= 0.3 is 0 Å². The second kappa shape index (κ2) is 5.69. The number of nitrogens with one attached hydrogen (secondary N) is 2. The third-order valence-electron chi connectivity index (χ3n) is 2.83. The van der Waals surface area contributed by atoms with E-state index in [9.17, 15) is 4.79 Å². The molecule has 0 bridgehead atoms. The Labute approximate surface area is 111 Å². The molecule has 1 aromatic heterocycles. The topological polar surface area (TPSA) is 41.1 Å². The molecule has 3 nitrogen and oxygen atoms in total. The van der Waals surface area contributed by atoms with Gasteiger partial charge in [-0.1, -0.05) is 12.1 Å². The highest BCUT2D eigenvalue weighted by molar-refractivity contribution is 7.07. The lowest BCUT2D eigenvalue weighted by atomic mass is 10.1. The van der Waals surface area contributed by atoms with Gasteiger partial charge in [0.05, 0.1) is 11.6 Å². The normalized spacial score (nSPS) is 11.9. The number of carbonyl (C=O) groups is 1. The Balaban J connectivity index is 2.12. The second-order valence-corrected chi connectivity index (χ2v) is 4.83. The number of benzene rings is 1. The predicted octanol–water partition coefficient (Wildman–Crippen LogP) is 3.28. The van der Waals surface area contributed by atoms with Gasteiger partial charge in [0.15, 0.2) is 0 Å². The summed E-state index contributed by atoms with van der Waals surface area (Å²) in [6.45, 7) is 1.99. The van der Waals surface area contributed by atoms with Crippen LogP contribution in [-0.2, 0) is 0 Å². The summed E-state index contributed by atoms with van der Waals surface area (Å²) in [5.41, 5.74) is 2.64. The van der Waals surface area contributed by atoms with Crippen LogP contribution in [0.4, 0.5) is 5.69 Å². The molecule has 1 heterocycles. The SMILES string of the molecule is CNc1ccccc1C(=O)NC(C)c1ccsc1. The quantitative estimate of drug-likeness (QED) is 0.885. The van der Waals surface area contributed by atoms with Crippen LogP contribution in [0.3, 0.4) is 0 Å². The molecule has 0 saturated heterocycles. The average Bonchev–Trinajstić information content (AvgIpc) is 2.92. The van der Waals surface area contributed by atoms with Crippen molar-refractivity contribution in [2.45, 2.75) is 13.0 Å². The number of anilines is 1. The fourth-order valence-corrected chi connectivity index (χ4v) is 2.53. The molecule has 0 aliphatic heterocycles. The van der Waals surface area contributed by atoms with Gasteiger partial charge in [0.1, 0.15) is 0 Å². The summed E-state index contributed by atoms with van der Waals surface area (Å²) >= 11 is 1.63. The Hall–Kier alpha value is -1.81. The number of hydrogen-bond donors (Lipinski definition) is 2. The molecule has 0 radical (unpaired) electrons. The Morgan fingerprint density at radius 1 is 1.28 bits per heavy atom. The Bertz CT molecular complexity index is 522. The third-order valence-corrected chi connectivity index (χ3v) is 3.53. The van der Waals surface area contributed by atoms with E-state index in [0.29, 0.717) is 5.56 Å². The van der Waals surface area contributed by atoms with Gasteiger partial charge in [-0.05, 0) is 41.4 Å². The van der Waals surface area contributed by atoms with E-state index in [1.54, 1.807) is 11.3 Å². The summed E-state index contributed by atoms with van der Waals surface area (Å²) < 4.78 is 0. The zero-order chi connectivity index (χ0) is 13.0. The van der Waals surface area contributed by atoms with Crippen LogP contribution in [0.5, 0.6) is 0 Å². The van der Waals surface area contributed by atoms with Crippen molar-refractivity contribution < 1.29 is 4.79 Å². The van der Waals surface area contributed by atoms with E-state index in [-0.39, 0.29) is 11.9 Å². The van der Waals surface area contributed by atoms with Crippen LogP contribution < -0.4 is 10.6 Å². The van der Waals surface area contributed by atoms with Crippen molar-refractivity contribution in [1.29, 1.82) is 0 Å². The molecule has 0 fully saturated rings. The summed E-state index contributed by atoms with van der Waals surface area (Å²) in [5, 5.41) is 10.1. The first kappa shape index (κ1) is 12.6. The largest absolute Gasteiger partial charge is 0.387 e. The van der Waals surface area contributed by atoms with Crippen LogP contribution >= 0.6 is 11.3 Å². The average molecular weight is 260 g/mol. The molecule has 0 saturated carbocycles. The first-order valence-electron chi connectivity index (χ1n) is 5.82. The number of para-hydroxylation sites is 1. The van der Waals surface area contributed by atoms with E-state index in [0.717, 1.165) is 11.3 Å². The number of carbonyl (C=O) groups excluding carboxylic acids is 1. The highest BCUT2D eigenvalue weighted by Gasteiger charge is 2.13.